The predicted molar refractivity (Wildman–Crippen MR) is 81.9 cm³/mol. The molecule has 2 aliphatic rings. The second-order valence-corrected chi connectivity index (χ2v) is 7.98. The molecule has 8 heteroatoms. The smallest absolute Gasteiger partial charge is 0.244 e. The van der Waals surface area contributed by atoms with Gasteiger partial charge >= 0.3 is 0 Å². The normalized spacial score (nSPS) is 23.0. The molecule has 0 spiro atoms. The summed E-state index contributed by atoms with van der Waals surface area (Å²) in [5.74, 6) is 0. The van der Waals surface area contributed by atoms with Gasteiger partial charge in [0.15, 0.2) is 0 Å². The summed E-state index contributed by atoms with van der Waals surface area (Å²) in [5, 5.41) is 4.24. The predicted octanol–water partition coefficient (Wildman–Crippen LogP) is 0.784. The maximum Gasteiger partial charge on any atom is 0.244 e. The van der Waals surface area contributed by atoms with Crippen LogP contribution < -0.4 is 10.5 Å². The van der Waals surface area contributed by atoms with Gasteiger partial charge < -0.3 is 10.5 Å². The second kappa shape index (κ2) is 6.27. The molecule has 7 nitrogen and oxygen atoms in total. The molecule has 1 aromatic heterocycles. The number of hydrogen-bond donors (Lipinski definition) is 2. The van der Waals surface area contributed by atoms with E-state index < -0.39 is 15.6 Å². The van der Waals surface area contributed by atoms with Crippen LogP contribution in [-0.2, 0) is 14.8 Å². The summed E-state index contributed by atoms with van der Waals surface area (Å²) < 4.78 is 35.1. The zero-order valence-electron chi connectivity index (χ0n) is 12.7. The lowest BCUT2D eigenvalue weighted by Gasteiger charge is -2.27. The second-order valence-electron chi connectivity index (χ2n) is 6.30. The highest BCUT2D eigenvalue weighted by atomic mass is 32.2. The van der Waals surface area contributed by atoms with Crippen molar-refractivity contribution in [3.63, 3.8) is 0 Å². The van der Waals surface area contributed by atoms with Crippen LogP contribution in [0.3, 0.4) is 0 Å². The molecule has 1 aromatic rings. The van der Waals surface area contributed by atoms with E-state index in [1.54, 1.807) is 10.9 Å². The molecule has 1 saturated heterocycles. The monoisotopic (exact) mass is 328 g/mol. The van der Waals surface area contributed by atoms with Crippen LogP contribution in [-0.4, -0.2) is 43.5 Å². The quantitative estimate of drug-likeness (QED) is 0.832. The standard InChI is InChI=1S/C14H24N4O3S/c15-11-14(5-1-2-6-14)17-22(19,20)13-9-16-18(10-13)12-3-7-21-8-4-12/h9-10,12,17H,1-8,11,15H2. The largest absolute Gasteiger partial charge is 0.381 e. The van der Waals surface area contributed by atoms with Crippen LogP contribution in [0.2, 0.25) is 0 Å². The topological polar surface area (TPSA) is 99.2 Å². The van der Waals surface area contributed by atoms with E-state index in [4.69, 9.17) is 10.5 Å². The van der Waals surface area contributed by atoms with Crippen LogP contribution in [0.25, 0.3) is 0 Å². The van der Waals surface area contributed by atoms with E-state index in [9.17, 15) is 8.42 Å². The molecular formula is C14H24N4O3S. The average Bonchev–Trinajstić information content (AvgIpc) is 3.18. The maximum atomic E-state index is 12.6. The van der Waals surface area contributed by atoms with Gasteiger partial charge in [-0.25, -0.2) is 13.1 Å². The minimum Gasteiger partial charge on any atom is -0.381 e. The molecule has 22 heavy (non-hydrogen) atoms. The van der Waals surface area contributed by atoms with Crippen LogP contribution in [0.5, 0.6) is 0 Å². The van der Waals surface area contributed by atoms with Gasteiger partial charge in [-0.1, -0.05) is 12.8 Å². The molecule has 124 valence electrons. The molecule has 0 amide bonds. The lowest BCUT2D eigenvalue weighted by Crippen LogP contribution is -2.51. The van der Waals surface area contributed by atoms with E-state index in [0.717, 1.165) is 38.5 Å². The van der Waals surface area contributed by atoms with E-state index in [1.165, 1.54) is 6.20 Å². The Morgan fingerprint density at radius 1 is 1.36 bits per heavy atom. The first-order valence-corrected chi connectivity index (χ1v) is 9.39. The summed E-state index contributed by atoms with van der Waals surface area (Å²) in [4.78, 5) is 0.221. The summed E-state index contributed by atoms with van der Waals surface area (Å²) >= 11 is 0. The summed E-state index contributed by atoms with van der Waals surface area (Å²) in [6.45, 7) is 1.72. The summed E-state index contributed by atoms with van der Waals surface area (Å²) in [7, 11) is -3.58. The van der Waals surface area contributed by atoms with E-state index in [-0.39, 0.29) is 10.9 Å². The lowest BCUT2D eigenvalue weighted by atomic mass is 10.0. The summed E-state index contributed by atoms with van der Waals surface area (Å²) in [5.41, 5.74) is 5.33. The average molecular weight is 328 g/mol. The van der Waals surface area contributed by atoms with E-state index in [1.807, 2.05) is 0 Å². The molecular weight excluding hydrogens is 304 g/mol. The van der Waals surface area contributed by atoms with Gasteiger partial charge in [-0.3, -0.25) is 4.68 Å². The number of sulfonamides is 1. The van der Waals surface area contributed by atoms with Crippen molar-refractivity contribution >= 4 is 10.0 Å². The molecule has 0 atom stereocenters. The van der Waals surface area contributed by atoms with Gasteiger partial charge in [0, 0.05) is 31.5 Å². The third-order valence-electron chi connectivity index (χ3n) is 4.76. The third-order valence-corrected chi connectivity index (χ3v) is 6.29. The Morgan fingerprint density at radius 2 is 2.05 bits per heavy atom. The number of ether oxygens (including phenoxy) is 1. The molecule has 0 unspecified atom stereocenters. The van der Waals surface area contributed by atoms with Gasteiger partial charge in [0.1, 0.15) is 4.90 Å². The molecule has 0 radical (unpaired) electrons. The molecule has 2 fully saturated rings. The fraction of sp³-hybridized carbons (Fsp3) is 0.786. The van der Waals surface area contributed by atoms with Crippen molar-refractivity contribution in [1.82, 2.24) is 14.5 Å². The Kier molecular flexibility index (Phi) is 4.54. The Labute approximate surface area is 131 Å². The highest BCUT2D eigenvalue weighted by Crippen LogP contribution is 2.30. The first kappa shape index (κ1) is 15.9. The molecule has 2 heterocycles. The zero-order valence-corrected chi connectivity index (χ0v) is 13.5. The van der Waals surface area contributed by atoms with Crippen LogP contribution in [0.15, 0.2) is 17.3 Å². The Hall–Kier alpha value is -0.960. The van der Waals surface area contributed by atoms with E-state index in [2.05, 4.69) is 9.82 Å². The van der Waals surface area contributed by atoms with Crippen molar-refractivity contribution in [3.05, 3.63) is 12.4 Å². The number of aromatic nitrogens is 2. The third kappa shape index (κ3) is 3.19. The van der Waals surface area contributed by atoms with Crippen molar-refractivity contribution in [1.29, 1.82) is 0 Å². The van der Waals surface area contributed by atoms with Gasteiger partial charge in [-0.15, -0.1) is 0 Å². The molecule has 1 aliphatic heterocycles. The molecule has 0 bridgehead atoms. The highest BCUT2D eigenvalue weighted by molar-refractivity contribution is 7.89. The van der Waals surface area contributed by atoms with Gasteiger partial charge in [-0.2, -0.15) is 5.10 Å². The Balaban J connectivity index is 1.76. The highest BCUT2D eigenvalue weighted by Gasteiger charge is 2.37. The lowest BCUT2D eigenvalue weighted by molar-refractivity contribution is 0.0662. The Morgan fingerprint density at radius 3 is 2.68 bits per heavy atom. The maximum absolute atomic E-state index is 12.6. The van der Waals surface area contributed by atoms with Crippen LogP contribution in [0.1, 0.15) is 44.6 Å². The fourth-order valence-corrected chi connectivity index (χ4v) is 4.76. The Bertz CT molecular complexity index is 601. The number of nitrogens with zero attached hydrogens (tertiary/aromatic N) is 2. The number of hydrogen-bond acceptors (Lipinski definition) is 5. The van der Waals surface area contributed by atoms with Crippen molar-refractivity contribution in [2.24, 2.45) is 5.73 Å². The van der Waals surface area contributed by atoms with Crippen LogP contribution in [0.4, 0.5) is 0 Å². The summed E-state index contributed by atoms with van der Waals surface area (Å²) in [6.07, 6.45) is 8.41. The molecule has 3 rings (SSSR count). The summed E-state index contributed by atoms with van der Waals surface area (Å²) in [6, 6.07) is 0.215. The van der Waals surface area contributed by atoms with Crippen molar-refractivity contribution in [2.75, 3.05) is 19.8 Å². The van der Waals surface area contributed by atoms with Crippen LogP contribution in [0, 0.1) is 0 Å². The van der Waals surface area contributed by atoms with Crippen molar-refractivity contribution in [2.45, 2.75) is 55.0 Å². The zero-order chi connectivity index (χ0) is 15.6. The number of rotatable bonds is 5. The van der Waals surface area contributed by atoms with Crippen LogP contribution >= 0.6 is 0 Å². The van der Waals surface area contributed by atoms with E-state index in [0.29, 0.717) is 19.8 Å². The molecule has 3 N–H and O–H groups in total. The number of nitrogens with one attached hydrogen (secondary N) is 1. The number of nitrogens with two attached hydrogens (primary N) is 1. The van der Waals surface area contributed by atoms with Gasteiger partial charge in [0.25, 0.3) is 0 Å². The van der Waals surface area contributed by atoms with E-state index >= 15 is 0 Å². The minimum atomic E-state index is -3.58. The van der Waals surface area contributed by atoms with Gasteiger partial charge in [-0.05, 0) is 25.7 Å². The molecule has 1 aliphatic carbocycles. The van der Waals surface area contributed by atoms with Crippen molar-refractivity contribution in [3.8, 4) is 0 Å². The SMILES string of the molecule is NCC1(NS(=O)(=O)c2cnn(C3CCOCC3)c2)CCCC1. The van der Waals surface area contributed by atoms with Gasteiger partial charge in [0.05, 0.1) is 12.2 Å². The van der Waals surface area contributed by atoms with Gasteiger partial charge in [0.2, 0.25) is 10.0 Å². The molecule has 1 saturated carbocycles. The molecule has 0 aromatic carbocycles. The van der Waals surface area contributed by atoms with Crippen molar-refractivity contribution < 1.29 is 13.2 Å². The first-order valence-electron chi connectivity index (χ1n) is 7.91. The minimum absolute atomic E-state index is 0.215. The first-order chi connectivity index (χ1) is 10.5. The fourth-order valence-electron chi connectivity index (χ4n) is 3.35.